The molecule has 1 fully saturated rings. The maximum Gasteiger partial charge on any atom is 0.321 e. The van der Waals surface area contributed by atoms with Crippen LogP contribution < -0.4 is 15.8 Å². The van der Waals surface area contributed by atoms with Crippen LogP contribution in [0.3, 0.4) is 0 Å². The van der Waals surface area contributed by atoms with E-state index >= 15 is 0 Å². The van der Waals surface area contributed by atoms with Crippen LogP contribution in [0.1, 0.15) is 0 Å². The highest BCUT2D eigenvalue weighted by Crippen LogP contribution is 2.15. The van der Waals surface area contributed by atoms with E-state index in [0.717, 1.165) is 24.5 Å². The van der Waals surface area contributed by atoms with Crippen molar-refractivity contribution >= 4 is 28.9 Å². The molecule has 0 aliphatic carbocycles. The molecule has 1 saturated heterocycles. The smallest absolute Gasteiger partial charge is 0.321 e. The average molecular weight is 308 g/mol. The number of piperazine rings is 1. The summed E-state index contributed by atoms with van der Waals surface area (Å²) in [5.41, 5.74) is 6.29. The number of hydrogen-bond donors (Lipinski definition) is 2. The van der Waals surface area contributed by atoms with Crippen molar-refractivity contribution in [1.82, 2.24) is 9.80 Å². The Morgan fingerprint density at radius 1 is 1.29 bits per heavy atom. The Bertz CT molecular complexity index is 498. The molecule has 7 heteroatoms. The van der Waals surface area contributed by atoms with Gasteiger partial charge in [-0.25, -0.2) is 4.79 Å². The van der Waals surface area contributed by atoms with Gasteiger partial charge in [0.05, 0.1) is 12.1 Å². The fourth-order valence-electron chi connectivity index (χ4n) is 2.21. The van der Waals surface area contributed by atoms with Crippen LogP contribution in [-0.4, -0.2) is 60.7 Å². The van der Waals surface area contributed by atoms with Gasteiger partial charge in [0.1, 0.15) is 5.75 Å². The normalized spacial score (nSPS) is 15.6. The van der Waals surface area contributed by atoms with Crippen molar-refractivity contribution in [2.24, 2.45) is 5.73 Å². The Morgan fingerprint density at radius 2 is 1.90 bits per heavy atom. The Balaban J connectivity index is 1.82. The Kier molecular flexibility index (Phi) is 5.35. The summed E-state index contributed by atoms with van der Waals surface area (Å²) < 4.78 is 5.08. The molecule has 1 aliphatic heterocycles. The zero-order valence-corrected chi connectivity index (χ0v) is 12.9. The number of nitrogens with zero attached hydrogens (tertiary/aromatic N) is 2. The van der Waals surface area contributed by atoms with Gasteiger partial charge in [0.15, 0.2) is 0 Å². The lowest BCUT2D eigenvalue weighted by atomic mass is 10.3. The lowest BCUT2D eigenvalue weighted by molar-refractivity contribution is 0.158. The Morgan fingerprint density at radius 3 is 2.43 bits per heavy atom. The number of amides is 2. The molecule has 1 aromatic carbocycles. The molecule has 114 valence electrons. The molecule has 0 bridgehead atoms. The third-order valence-corrected chi connectivity index (χ3v) is 3.51. The molecule has 3 N–H and O–H groups in total. The Labute approximate surface area is 129 Å². The molecule has 2 rings (SSSR count). The van der Waals surface area contributed by atoms with Crippen LogP contribution in [0.5, 0.6) is 5.75 Å². The van der Waals surface area contributed by atoms with Crippen molar-refractivity contribution in [2.75, 3.05) is 45.2 Å². The van der Waals surface area contributed by atoms with Crippen molar-refractivity contribution in [3.05, 3.63) is 24.3 Å². The lowest BCUT2D eigenvalue weighted by Crippen LogP contribution is -2.51. The zero-order valence-electron chi connectivity index (χ0n) is 12.0. The molecule has 6 nitrogen and oxygen atoms in total. The summed E-state index contributed by atoms with van der Waals surface area (Å²) in [7, 11) is 1.61. The van der Waals surface area contributed by atoms with Gasteiger partial charge in [-0.2, -0.15) is 0 Å². The van der Waals surface area contributed by atoms with E-state index in [0.29, 0.717) is 24.6 Å². The highest BCUT2D eigenvalue weighted by atomic mass is 32.1. The summed E-state index contributed by atoms with van der Waals surface area (Å²) in [5, 5.41) is 2.88. The first-order valence-corrected chi connectivity index (χ1v) is 7.20. The van der Waals surface area contributed by atoms with E-state index in [2.05, 4.69) is 10.2 Å². The average Bonchev–Trinajstić information content (AvgIpc) is 2.48. The summed E-state index contributed by atoms with van der Waals surface area (Å²) in [5.74, 6) is 0.763. The maximum absolute atomic E-state index is 12.2. The van der Waals surface area contributed by atoms with E-state index in [1.807, 2.05) is 24.3 Å². The topological polar surface area (TPSA) is 70.8 Å². The molecule has 0 saturated carbocycles. The predicted octanol–water partition coefficient (Wildman–Crippen LogP) is 1.13. The van der Waals surface area contributed by atoms with Crippen LogP contribution >= 0.6 is 12.2 Å². The van der Waals surface area contributed by atoms with Crippen LogP contribution in [0.15, 0.2) is 24.3 Å². The van der Waals surface area contributed by atoms with Crippen LogP contribution in [0.2, 0.25) is 0 Å². The molecular weight excluding hydrogens is 288 g/mol. The first-order valence-electron chi connectivity index (χ1n) is 6.79. The fraction of sp³-hybridized carbons (Fsp3) is 0.429. The summed E-state index contributed by atoms with van der Waals surface area (Å²) >= 11 is 4.90. The predicted molar refractivity (Wildman–Crippen MR) is 86.8 cm³/mol. The van der Waals surface area contributed by atoms with Gasteiger partial charge in [-0.05, 0) is 24.3 Å². The van der Waals surface area contributed by atoms with Gasteiger partial charge in [-0.3, -0.25) is 4.90 Å². The largest absolute Gasteiger partial charge is 0.497 e. The van der Waals surface area contributed by atoms with E-state index in [1.54, 1.807) is 12.0 Å². The molecule has 0 spiro atoms. The number of carbonyl (C=O) groups is 1. The van der Waals surface area contributed by atoms with E-state index in [-0.39, 0.29) is 6.03 Å². The molecule has 21 heavy (non-hydrogen) atoms. The first-order chi connectivity index (χ1) is 10.1. The van der Waals surface area contributed by atoms with E-state index in [9.17, 15) is 4.79 Å². The van der Waals surface area contributed by atoms with Crippen LogP contribution in [0.4, 0.5) is 10.5 Å². The number of thiocarbonyl (C=S) groups is 1. The third kappa shape index (κ3) is 4.57. The number of rotatable bonds is 4. The number of anilines is 1. The number of hydrogen-bond acceptors (Lipinski definition) is 4. The summed E-state index contributed by atoms with van der Waals surface area (Å²) in [6.07, 6.45) is 0. The summed E-state index contributed by atoms with van der Waals surface area (Å²) in [6.45, 7) is 3.53. The van der Waals surface area contributed by atoms with Crippen molar-refractivity contribution in [3.63, 3.8) is 0 Å². The molecule has 1 aromatic rings. The second-order valence-electron chi connectivity index (χ2n) is 4.89. The van der Waals surface area contributed by atoms with Gasteiger partial charge in [0.25, 0.3) is 0 Å². The van der Waals surface area contributed by atoms with Crippen molar-refractivity contribution in [2.45, 2.75) is 0 Å². The minimum absolute atomic E-state index is 0.0878. The summed E-state index contributed by atoms with van der Waals surface area (Å²) in [4.78, 5) is 16.6. The van der Waals surface area contributed by atoms with E-state index < -0.39 is 0 Å². The van der Waals surface area contributed by atoms with E-state index in [4.69, 9.17) is 22.7 Å². The van der Waals surface area contributed by atoms with Crippen molar-refractivity contribution in [3.8, 4) is 5.75 Å². The van der Waals surface area contributed by atoms with Gasteiger partial charge >= 0.3 is 6.03 Å². The van der Waals surface area contributed by atoms with Gasteiger partial charge in [0, 0.05) is 38.4 Å². The quantitative estimate of drug-likeness (QED) is 0.816. The lowest BCUT2D eigenvalue weighted by Gasteiger charge is -2.34. The number of nitrogens with two attached hydrogens (primary N) is 1. The molecule has 0 radical (unpaired) electrons. The van der Waals surface area contributed by atoms with Crippen LogP contribution in [-0.2, 0) is 0 Å². The van der Waals surface area contributed by atoms with Gasteiger partial charge in [-0.1, -0.05) is 12.2 Å². The summed E-state index contributed by atoms with van der Waals surface area (Å²) in [6, 6.07) is 7.18. The van der Waals surface area contributed by atoms with Gasteiger partial charge < -0.3 is 20.7 Å². The SMILES string of the molecule is COc1ccc(NC(=O)N2CCN(CC(N)=S)CC2)cc1. The van der Waals surface area contributed by atoms with Crippen LogP contribution in [0.25, 0.3) is 0 Å². The number of urea groups is 1. The first kappa shape index (κ1) is 15.5. The number of benzene rings is 1. The number of nitrogens with one attached hydrogen (secondary N) is 1. The molecular formula is C14H20N4O2S. The molecule has 1 aliphatic rings. The van der Waals surface area contributed by atoms with Gasteiger partial charge in [-0.15, -0.1) is 0 Å². The van der Waals surface area contributed by atoms with Crippen molar-refractivity contribution < 1.29 is 9.53 Å². The van der Waals surface area contributed by atoms with Crippen molar-refractivity contribution in [1.29, 1.82) is 0 Å². The standard InChI is InChI=1S/C14H20N4O2S/c1-20-12-4-2-11(3-5-12)16-14(19)18-8-6-17(7-9-18)10-13(15)21/h2-5H,6-10H2,1H3,(H2,15,21)(H,16,19). The fourth-order valence-corrected chi connectivity index (χ4v) is 2.39. The molecule has 0 atom stereocenters. The molecule has 2 amide bonds. The maximum atomic E-state index is 12.2. The van der Waals surface area contributed by atoms with Gasteiger partial charge in [0.2, 0.25) is 0 Å². The van der Waals surface area contributed by atoms with E-state index in [1.165, 1.54) is 0 Å². The number of ether oxygens (including phenoxy) is 1. The zero-order chi connectivity index (χ0) is 15.2. The molecule has 0 aromatic heterocycles. The second-order valence-corrected chi connectivity index (χ2v) is 5.41. The Hall–Kier alpha value is -1.86. The monoisotopic (exact) mass is 308 g/mol. The minimum Gasteiger partial charge on any atom is -0.497 e. The minimum atomic E-state index is -0.0878. The number of methoxy groups -OCH3 is 1. The molecule has 1 heterocycles. The molecule has 0 unspecified atom stereocenters. The highest BCUT2D eigenvalue weighted by molar-refractivity contribution is 7.80. The number of carbonyl (C=O) groups excluding carboxylic acids is 1. The highest BCUT2D eigenvalue weighted by Gasteiger charge is 2.21. The van der Waals surface area contributed by atoms with Crippen LogP contribution in [0, 0.1) is 0 Å². The third-order valence-electron chi connectivity index (χ3n) is 3.38. The second kappa shape index (κ2) is 7.24.